The fraction of sp³-hybridized carbons (Fsp3) is 0.647. The molecular weight excluding hydrogens is 367 g/mol. The average molecular weight is 391 g/mol. The van der Waals surface area contributed by atoms with Crippen molar-refractivity contribution in [2.24, 2.45) is 5.41 Å². The number of carbonyl (C=O) groups excluding carboxylic acids is 1. The van der Waals surface area contributed by atoms with Gasteiger partial charge in [-0.2, -0.15) is 13.2 Å². The van der Waals surface area contributed by atoms with Crippen molar-refractivity contribution in [1.82, 2.24) is 15.6 Å². The zero-order valence-corrected chi connectivity index (χ0v) is 15.1. The number of hydrogen-bond acceptors (Lipinski definition) is 5. The molecule has 0 saturated heterocycles. The first kappa shape index (κ1) is 21.2. The van der Waals surface area contributed by atoms with Crippen LogP contribution in [0.2, 0.25) is 0 Å². The van der Waals surface area contributed by atoms with E-state index < -0.39 is 35.4 Å². The fourth-order valence-electron chi connectivity index (χ4n) is 3.00. The van der Waals surface area contributed by atoms with Crippen LogP contribution in [0.5, 0.6) is 5.88 Å². The molecule has 4 N–H and O–H groups in total. The van der Waals surface area contributed by atoms with Gasteiger partial charge in [0.2, 0.25) is 5.88 Å². The minimum absolute atomic E-state index is 0.00936. The molecule has 2 atom stereocenters. The van der Waals surface area contributed by atoms with Gasteiger partial charge >= 0.3 is 12.2 Å². The second-order valence-corrected chi connectivity index (χ2v) is 7.20. The number of aromatic nitrogens is 1. The van der Waals surface area contributed by atoms with Crippen LogP contribution in [0.1, 0.15) is 32.3 Å². The third-order valence-electron chi connectivity index (χ3n) is 4.36. The molecule has 0 spiro atoms. The molecule has 10 heteroatoms. The highest BCUT2D eigenvalue weighted by atomic mass is 19.4. The van der Waals surface area contributed by atoms with Gasteiger partial charge in [0, 0.05) is 30.3 Å². The Balaban J connectivity index is 2.01. The van der Waals surface area contributed by atoms with Gasteiger partial charge < -0.3 is 25.6 Å². The average Bonchev–Trinajstić information content (AvgIpc) is 2.85. The number of urea groups is 1. The van der Waals surface area contributed by atoms with Gasteiger partial charge in [-0.05, 0) is 32.8 Å². The molecule has 1 aromatic rings. The highest BCUT2D eigenvalue weighted by Crippen LogP contribution is 2.38. The summed E-state index contributed by atoms with van der Waals surface area (Å²) in [5, 5.41) is 25.1. The Kier molecular flexibility index (Phi) is 6.53. The van der Waals surface area contributed by atoms with Crippen LogP contribution in [0.15, 0.2) is 18.3 Å². The summed E-state index contributed by atoms with van der Waals surface area (Å²) in [5.74, 6) is -0.00936. The van der Waals surface area contributed by atoms with Gasteiger partial charge in [0.05, 0.1) is 24.4 Å². The van der Waals surface area contributed by atoms with Gasteiger partial charge in [0.15, 0.2) is 0 Å². The lowest BCUT2D eigenvalue weighted by Gasteiger charge is -2.29. The van der Waals surface area contributed by atoms with E-state index in [4.69, 9.17) is 4.74 Å². The summed E-state index contributed by atoms with van der Waals surface area (Å²) in [7, 11) is 0. The minimum atomic E-state index is -4.49. The van der Waals surface area contributed by atoms with Crippen molar-refractivity contribution >= 4 is 6.03 Å². The lowest BCUT2D eigenvalue weighted by atomic mass is 9.86. The van der Waals surface area contributed by atoms with E-state index in [9.17, 15) is 28.2 Å². The standard InChI is InChI=1S/C17H24F3N3O4/c1-10(2)23-15(26)22-8-16(5-12(24)13(25)6-16)9-27-14-4-3-11(7-21-14)17(18,19)20/h3-4,7,10,12-13,24-25H,5-6,8-9H2,1-2H3,(H2,22,23,26). The number of nitrogens with zero attached hydrogens (tertiary/aromatic N) is 1. The van der Waals surface area contributed by atoms with Crippen molar-refractivity contribution < 1.29 is 32.9 Å². The topological polar surface area (TPSA) is 104 Å². The van der Waals surface area contributed by atoms with Crippen LogP contribution in [0.25, 0.3) is 0 Å². The Morgan fingerprint density at radius 3 is 2.44 bits per heavy atom. The number of amides is 2. The summed E-state index contributed by atoms with van der Waals surface area (Å²) in [6, 6.07) is 1.51. The van der Waals surface area contributed by atoms with E-state index in [1.54, 1.807) is 13.8 Å². The molecular formula is C17H24F3N3O4. The second-order valence-electron chi connectivity index (χ2n) is 7.20. The van der Waals surface area contributed by atoms with Crippen molar-refractivity contribution in [1.29, 1.82) is 0 Å². The Morgan fingerprint density at radius 2 is 1.96 bits per heavy atom. The third-order valence-corrected chi connectivity index (χ3v) is 4.36. The van der Waals surface area contributed by atoms with Gasteiger partial charge in [-0.3, -0.25) is 0 Å². The predicted octanol–water partition coefficient (Wildman–Crippen LogP) is 1.69. The molecule has 2 rings (SSSR count). The molecule has 1 aliphatic rings. The van der Waals surface area contributed by atoms with E-state index in [-0.39, 0.29) is 37.9 Å². The van der Waals surface area contributed by atoms with Crippen LogP contribution < -0.4 is 15.4 Å². The highest BCUT2D eigenvalue weighted by molar-refractivity contribution is 5.74. The molecule has 0 radical (unpaired) electrons. The van der Waals surface area contributed by atoms with Crippen LogP contribution in [0, 0.1) is 5.41 Å². The number of pyridine rings is 1. The first-order valence-electron chi connectivity index (χ1n) is 8.57. The van der Waals surface area contributed by atoms with Crippen LogP contribution in [0.3, 0.4) is 0 Å². The summed E-state index contributed by atoms with van der Waals surface area (Å²) in [5.41, 5.74) is -1.65. The summed E-state index contributed by atoms with van der Waals surface area (Å²) in [6.07, 6.45) is -5.39. The zero-order chi connectivity index (χ0) is 20.2. The number of aliphatic hydroxyl groups excluding tert-OH is 2. The lowest BCUT2D eigenvalue weighted by molar-refractivity contribution is -0.137. The molecule has 1 saturated carbocycles. The van der Waals surface area contributed by atoms with Crippen molar-refractivity contribution in [3.05, 3.63) is 23.9 Å². The summed E-state index contributed by atoms with van der Waals surface area (Å²) < 4.78 is 43.2. The normalized spacial score (nSPS) is 25.5. The molecule has 1 aromatic heterocycles. The SMILES string of the molecule is CC(C)NC(=O)NCC1(COc2ccc(C(F)(F)F)cn2)CC(O)C(O)C1. The van der Waals surface area contributed by atoms with Crippen LogP contribution in [0.4, 0.5) is 18.0 Å². The predicted molar refractivity (Wildman–Crippen MR) is 90.1 cm³/mol. The molecule has 1 aliphatic carbocycles. The lowest BCUT2D eigenvalue weighted by Crippen LogP contribution is -2.46. The number of aliphatic hydroxyl groups is 2. The van der Waals surface area contributed by atoms with Gasteiger partial charge in [-0.25, -0.2) is 9.78 Å². The third kappa shape index (κ3) is 5.96. The van der Waals surface area contributed by atoms with Gasteiger partial charge in [-0.1, -0.05) is 0 Å². The number of carbonyl (C=O) groups is 1. The maximum absolute atomic E-state index is 12.6. The molecule has 2 unspecified atom stereocenters. The first-order valence-corrected chi connectivity index (χ1v) is 8.57. The number of halogens is 3. The maximum Gasteiger partial charge on any atom is 0.417 e. The molecule has 2 amide bonds. The summed E-state index contributed by atoms with van der Waals surface area (Å²) in [6.45, 7) is 3.71. The highest BCUT2D eigenvalue weighted by Gasteiger charge is 2.45. The van der Waals surface area contributed by atoms with Crippen LogP contribution >= 0.6 is 0 Å². The fourth-order valence-corrected chi connectivity index (χ4v) is 3.00. The largest absolute Gasteiger partial charge is 0.477 e. The monoisotopic (exact) mass is 391 g/mol. The Bertz CT molecular complexity index is 627. The molecule has 152 valence electrons. The Morgan fingerprint density at radius 1 is 1.33 bits per heavy atom. The van der Waals surface area contributed by atoms with Crippen molar-refractivity contribution in [3.8, 4) is 5.88 Å². The van der Waals surface area contributed by atoms with Gasteiger partial charge in [0.1, 0.15) is 0 Å². The molecule has 27 heavy (non-hydrogen) atoms. The van der Waals surface area contributed by atoms with E-state index in [1.165, 1.54) is 0 Å². The molecule has 0 aliphatic heterocycles. The van der Waals surface area contributed by atoms with Crippen LogP contribution in [-0.2, 0) is 6.18 Å². The van der Waals surface area contributed by atoms with Gasteiger partial charge in [0.25, 0.3) is 0 Å². The van der Waals surface area contributed by atoms with E-state index in [0.717, 1.165) is 12.1 Å². The van der Waals surface area contributed by atoms with E-state index in [0.29, 0.717) is 6.20 Å². The van der Waals surface area contributed by atoms with Crippen molar-refractivity contribution in [3.63, 3.8) is 0 Å². The Labute approximate surface area is 154 Å². The zero-order valence-electron chi connectivity index (χ0n) is 15.1. The van der Waals surface area contributed by atoms with E-state index >= 15 is 0 Å². The quantitative estimate of drug-likeness (QED) is 0.591. The minimum Gasteiger partial charge on any atom is -0.477 e. The molecule has 7 nitrogen and oxygen atoms in total. The van der Waals surface area contributed by atoms with E-state index in [1.807, 2.05) is 0 Å². The molecule has 0 aromatic carbocycles. The molecule has 1 heterocycles. The first-order chi connectivity index (χ1) is 12.5. The summed E-state index contributed by atoms with van der Waals surface area (Å²) >= 11 is 0. The molecule has 1 fully saturated rings. The number of hydrogen-bond donors (Lipinski definition) is 4. The van der Waals surface area contributed by atoms with Gasteiger partial charge in [-0.15, -0.1) is 0 Å². The molecule has 0 bridgehead atoms. The van der Waals surface area contributed by atoms with Crippen LogP contribution in [-0.4, -0.2) is 52.6 Å². The van der Waals surface area contributed by atoms with Crippen molar-refractivity contribution in [2.45, 2.75) is 51.1 Å². The van der Waals surface area contributed by atoms with E-state index in [2.05, 4.69) is 15.6 Å². The second kappa shape index (κ2) is 8.30. The number of ether oxygens (including phenoxy) is 1. The number of alkyl halides is 3. The number of nitrogens with one attached hydrogen (secondary N) is 2. The summed E-state index contributed by atoms with van der Waals surface area (Å²) in [4.78, 5) is 15.5. The number of rotatable bonds is 6. The smallest absolute Gasteiger partial charge is 0.417 e. The van der Waals surface area contributed by atoms with Crippen molar-refractivity contribution in [2.75, 3.05) is 13.2 Å². The Hall–Kier alpha value is -2.07. The maximum atomic E-state index is 12.6.